The molecule has 0 aliphatic carbocycles. The molecule has 0 spiro atoms. The fourth-order valence-corrected chi connectivity index (χ4v) is 2.17. The number of carbonyl (C=O) groups excluding carboxylic acids is 2. The van der Waals surface area contributed by atoms with E-state index in [0.717, 1.165) is 0 Å². The number of benzene rings is 2. The van der Waals surface area contributed by atoms with E-state index in [1.807, 2.05) is 0 Å². The van der Waals surface area contributed by atoms with Crippen LogP contribution in [0, 0.1) is 15.9 Å². The molecule has 0 aromatic heterocycles. The molecule has 0 fully saturated rings. The van der Waals surface area contributed by atoms with Gasteiger partial charge in [0.05, 0.1) is 11.3 Å². The zero-order valence-electron chi connectivity index (χ0n) is 14.3. The predicted molar refractivity (Wildman–Crippen MR) is 95.7 cm³/mol. The number of ether oxygens (including phenoxy) is 1. The molecule has 0 heterocycles. The van der Waals surface area contributed by atoms with Crippen molar-refractivity contribution >= 4 is 23.3 Å². The van der Waals surface area contributed by atoms with E-state index >= 15 is 0 Å². The van der Waals surface area contributed by atoms with Gasteiger partial charge in [-0.25, -0.2) is 4.39 Å². The number of anilines is 1. The summed E-state index contributed by atoms with van der Waals surface area (Å²) >= 11 is 0. The number of rotatable bonds is 9. The Bertz CT molecular complexity index is 811. The lowest BCUT2D eigenvalue weighted by Gasteiger charge is -2.08. The van der Waals surface area contributed by atoms with E-state index in [4.69, 9.17) is 4.74 Å². The van der Waals surface area contributed by atoms with Crippen LogP contribution in [-0.4, -0.2) is 36.5 Å². The van der Waals surface area contributed by atoms with Gasteiger partial charge in [-0.2, -0.15) is 0 Å². The normalized spacial score (nSPS) is 10.1. The Hall–Kier alpha value is -3.49. The third kappa shape index (κ3) is 7.10. The number of nitrogens with zero attached hydrogens (tertiary/aromatic N) is 1. The van der Waals surface area contributed by atoms with Crippen molar-refractivity contribution in [3.8, 4) is 0 Å². The molecule has 0 atom stereocenters. The molecule has 1 amide bonds. The molecule has 27 heavy (non-hydrogen) atoms. The Labute approximate surface area is 154 Å². The molecule has 9 heteroatoms. The van der Waals surface area contributed by atoms with Crippen LogP contribution in [0.15, 0.2) is 48.5 Å². The second-order valence-electron chi connectivity index (χ2n) is 5.55. The molecule has 2 N–H and O–H groups in total. The largest absolute Gasteiger partial charge is 0.455 e. The minimum absolute atomic E-state index is 0.00564. The van der Waals surface area contributed by atoms with Crippen LogP contribution in [0.5, 0.6) is 0 Å². The van der Waals surface area contributed by atoms with E-state index in [9.17, 15) is 24.1 Å². The zero-order chi connectivity index (χ0) is 19.6. The first-order valence-electron chi connectivity index (χ1n) is 8.09. The molecule has 142 valence electrons. The standard InChI is InChI=1S/C18H18FN3O5/c19-14-3-1-2-13(10-14)11-18(24)27-12-17(23)21-9-8-20-15-4-6-16(7-5-15)22(25)26/h1-7,10,20H,8-9,11-12H2,(H,21,23). The summed E-state index contributed by atoms with van der Waals surface area (Å²) < 4.78 is 17.9. The van der Waals surface area contributed by atoms with Gasteiger partial charge in [0.2, 0.25) is 0 Å². The minimum Gasteiger partial charge on any atom is -0.455 e. The maximum atomic E-state index is 13.0. The maximum Gasteiger partial charge on any atom is 0.310 e. The van der Waals surface area contributed by atoms with E-state index in [1.165, 1.54) is 30.3 Å². The summed E-state index contributed by atoms with van der Waals surface area (Å²) in [4.78, 5) is 33.3. The molecule has 0 radical (unpaired) electrons. The molecule has 0 unspecified atom stereocenters. The Morgan fingerprint density at radius 2 is 1.85 bits per heavy atom. The SMILES string of the molecule is O=C(COC(=O)Cc1cccc(F)c1)NCCNc1ccc([N+](=O)[O-])cc1. The number of hydrogen-bond acceptors (Lipinski definition) is 6. The van der Waals surface area contributed by atoms with Gasteiger partial charge in [-0.15, -0.1) is 0 Å². The molecule has 0 aliphatic rings. The van der Waals surface area contributed by atoms with Gasteiger partial charge >= 0.3 is 5.97 Å². The first kappa shape index (κ1) is 19.8. The van der Waals surface area contributed by atoms with Crippen LogP contribution < -0.4 is 10.6 Å². The third-order valence-corrected chi connectivity index (χ3v) is 3.46. The van der Waals surface area contributed by atoms with Crippen molar-refractivity contribution in [3.63, 3.8) is 0 Å². The molecule has 8 nitrogen and oxygen atoms in total. The van der Waals surface area contributed by atoms with Crippen molar-refractivity contribution in [2.45, 2.75) is 6.42 Å². The number of esters is 1. The lowest BCUT2D eigenvalue weighted by molar-refractivity contribution is -0.384. The van der Waals surface area contributed by atoms with E-state index in [1.54, 1.807) is 18.2 Å². The highest BCUT2D eigenvalue weighted by atomic mass is 19.1. The Morgan fingerprint density at radius 3 is 2.52 bits per heavy atom. The van der Waals surface area contributed by atoms with Crippen molar-refractivity contribution in [1.82, 2.24) is 5.32 Å². The molecule has 2 rings (SSSR count). The molecule has 0 bridgehead atoms. The maximum absolute atomic E-state index is 13.0. The van der Waals surface area contributed by atoms with Crippen LogP contribution in [0.1, 0.15) is 5.56 Å². The second-order valence-corrected chi connectivity index (χ2v) is 5.55. The number of carbonyl (C=O) groups is 2. The van der Waals surface area contributed by atoms with Crippen molar-refractivity contribution < 1.29 is 23.6 Å². The summed E-state index contributed by atoms with van der Waals surface area (Å²) in [5, 5.41) is 16.1. The van der Waals surface area contributed by atoms with Gasteiger partial charge in [0.25, 0.3) is 11.6 Å². The molecule has 2 aromatic rings. The topological polar surface area (TPSA) is 111 Å². The fourth-order valence-electron chi connectivity index (χ4n) is 2.17. The summed E-state index contributed by atoms with van der Waals surface area (Å²) in [6, 6.07) is 11.5. The van der Waals surface area contributed by atoms with Gasteiger partial charge in [0.1, 0.15) is 5.82 Å². The Balaban J connectivity index is 1.61. The smallest absolute Gasteiger partial charge is 0.310 e. The van der Waals surface area contributed by atoms with Crippen LogP contribution in [0.2, 0.25) is 0 Å². The monoisotopic (exact) mass is 375 g/mol. The second kappa shape index (κ2) is 9.85. The Morgan fingerprint density at radius 1 is 1.11 bits per heavy atom. The fraction of sp³-hybridized carbons (Fsp3) is 0.222. The number of nitrogens with one attached hydrogen (secondary N) is 2. The first-order valence-corrected chi connectivity index (χ1v) is 8.09. The van der Waals surface area contributed by atoms with Gasteiger partial charge in [-0.1, -0.05) is 12.1 Å². The summed E-state index contributed by atoms with van der Waals surface area (Å²) in [5.74, 6) is -1.54. The number of halogens is 1. The van der Waals surface area contributed by atoms with Gasteiger partial charge in [0, 0.05) is 30.9 Å². The van der Waals surface area contributed by atoms with Crippen molar-refractivity contribution in [1.29, 1.82) is 0 Å². The van der Waals surface area contributed by atoms with Crippen molar-refractivity contribution in [2.24, 2.45) is 0 Å². The lowest BCUT2D eigenvalue weighted by Crippen LogP contribution is -2.32. The molecule has 2 aromatic carbocycles. The van der Waals surface area contributed by atoms with Crippen LogP contribution >= 0.6 is 0 Å². The summed E-state index contributed by atoms with van der Waals surface area (Å²) in [7, 11) is 0. The highest BCUT2D eigenvalue weighted by molar-refractivity contribution is 5.81. The number of hydrogen-bond donors (Lipinski definition) is 2. The Kier molecular flexibility index (Phi) is 7.24. The molecular weight excluding hydrogens is 357 g/mol. The number of nitro groups is 1. The van der Waals surface area contributed by atoms with Gasteiger partial charge < -0.3 is 15.4 Å². The number of non-ortho nitro benzene ring substituents is 1. The zero-order valence-corrected chi connectivity index (χ0v) is 14.3. The van der Waals surface area contributed by atoms with E-state index < -0.39 is 29.2 Å². The minimum atomic E-state index is -0.625. The van der Waals surface area contributed by atoms with Crippen LogP contribution in [-0.2, 0) is 20.7 Å². The van der Waals surface area contributed by atoms with Crippen molar-refractivity contribution in [3.05, 3.63) is 70.0 Å². The average Bonchev–Trinajstić information content (AvgIpc) is 2.64. The molecule has 0 saturated heterocycles. The van der Waals surface area contributed by atoms with Crippen LogP contribution in [0.25, 0.3) is 0 Å². The highest BCUT2D eigenvalue weighted by Crippen LogP contribution is 2.14. The van der Waals surface area contributed by atoms with E-state index in [0.29, 0.717) is 17.8 Å². The molecule has 0 saturated carbocycles. The van der Waals surface area contributed by atoms with Gasteiger partial charge in [-0.3, -0.25) is 19.7 Å². The number of nitro benzene ring substituents is 1. The third-order valence-electron chi connectivity index (χ3n) is 3.46. The summed E-state index contributed by atoms with van der Waals surface area (Å²) in [5.41, 5.74) is 1.14. The van der Waals surface area contributed by atoms with E-state index in [2.05, 4.69) is 10.6 Å². The average molecular weight is 375 g/mol. The lowest BCUT2D eigenvalue weighted by atomic mass is 10.1. The first-order chi connectivity index (χ1) is 12.9. The van der Waals surface area contributed by atoms with Crippen LogP contribution in [0.4, 0.5) is 15.8 Å². The van der Waals surface area contributed by atoms with E-state index in [-0.39, 0.29) is 18.7 Å². The van der Waals surface area contributed by atoms with Gasteiger partial charge in [0.15, 0.2) is 6.61 Å². The summed E-state index contributed by atoms with van der Waals surface area (Å²) in [6.07, 6.45) is -0.118. The summed E-state index contributed by atoms with van der Waals surface area (Å²) in [6.45, 7) is 0.240. The highest BCUT2D eigenvalue weighted by Gasteiger charge is 2.09. The number of amides is 1. The predicted octanol–water partition coefficient (Wildman–Crippen LogP) is 2.05. The van der Waals surface area contributed by atoms with Crippen molar-refractivity contribution in [2.75, 3.05) is 25.0 Å². The van der Waals surface area contributed by atoms with Gasteiger partial charge in [-0.05, 0) is 29.8 Å². The quantitative estimate of drug-likeness (QED) is 0.300. The molecular formula is C18H18FN3O5. The van der Waals surface area contributed by atoms with Crippen LogP contribution in [0.3, 0.4) is 0 Å². The molecule has 0 aliphatic heterocycles.